The summed E-state index contributed by atoms with van der Waals surface area (Å²) in [6, 6.07) is 1.07. The highest BCUT2D eigenvalue weighted by molar-refractivity contribution is 4.90. The van der Waals surface area contributed by atoms with Gasteiger partial charge in [0.25, 0.3) is 5.56 Å². The summed E-state index contributed by atoms with van der Waals surface area (Å²) in [5, 5.41) is 12.9. The summed E-state index contributed by atoms with van der Waals surface area (Å²) in [6.45, 7) is -0.249. The number of halogens is 1. The van der Waals surface area contributed by atoms with Gasteiger partial charge in [-0.3, -0.25) is 14.3 Å². The number of hydrogen-bond donors (Lipinski definition) is 2. The van der Waals surface area contributed by atoms with Gasteiger partial charge in [-0.05, 0) is 5.53 Å². The average molecular weight is 285 g/mol. The number of ether oxygens (including phenoxy) is 1. The Bertz CT molecular complexity index is 637. The standard InChI is InChI=1S/C10H12FN5O4/c11-5-3-7(6(17)4-13-15-12)20-9(5)16-2-1-8(18)14-10(16)19/h1-2,5-7,9,17H,3-4H2,(H,14,18,19)/t5-,6-,7+,9-/m1/s1. The Kier molecular flexibility index (Phi) is 4.18. The summed E-state index contributed by atoms with van der Waals surface area (Å²) >= 11 is 0. The highest BCUT2D eigenvalue weighted by Gasteiger charge is 2.40. The van der Waals surface area contributed by atoms with E-state index in [-0.39, 0.29) is 13.0 Å². The van der Waals surface area contributed by atoms with Crippen molar-refractivity contribution in [3.63, 3.8) is 0 Å². The maximum absolute atomic E-state index is 13.9. The lowest BCUT2D eigenvalue weighted by Gasteiger charge is -2.18. The quantitative estimate of drug-likeness (QED) is 0.451. The molecule has 20 heavy (non-hydrogen) atoms. The second kappa shape index (κ2) is 5.87. The van der Waals surface area contributed by atoms with Crippen molar-refractivity contribution in [1.29, 1.82) is 0 Å². The second-order valence-corrected chi connectivity index (χ2v) is 4.31. The van der Waals surface area contributed by atoms with Gasteiger partial charge in [-0.15, -0.1) is 0 Å². The summed E-state index contributed by atoms with van der Waals surface area (Å²) in [5.41, 5.74) is 6.76. The zero-order valence-electron chi connectivity index (χ0n) is 10.2. The summed E-state index contributed by atoms with van der Waals surface area (Å²) in [7, 11) is 0. The zero-order valence-corrected chi connectivity index (χ0v) is 10.2. The van der Waals surface area contributed by atoms with Crippen LogP contribution in [0.3, 0.4) is 0 Å². The first-order valence-corrected chi connectivity index (χ1v) is 5.83. The topological polar surface area (TPSA) is 133 Å². The average Bonchev–Trinajstić information content (AvgIpc) is 2.78. The first-order valence-electron chi connectivity index (χ1n) is 5.83. The molecule has 4 atom stereocenters. The Morgan fingerprint density at radius 2 is 2.45 bits per heavy atom. The molecular weight excluding hydrogens is 273 g/mol. The molecule has 2 heterocycles. The van der Waals surface area contributed by atoms with Crippen molar-refractivity contribution in [2.45, 2.75) is 31.0 Å². The number of aromatic amines is 1. The van der Waals surface area contributed by atoms with Crippen molar-refractivity contribution in [3.05, 3.63) is 43.5 Å². The van der Waals surface area contributed by atoms with E-state index in [1.54, 1.807) is 0 Å². The van der Waals surface area contributed by atoms with E-state index in [1.807, 2.05) is 4.98 Å². The fourth-order valence-electron chi connectivity index (χ4n) is 2.01. The normalized spacial score (nSPS) is 27.0. The lowest BCUT2D eigenvalue weighted by molar-refractivity contribution is -0.0665. The number of azide groups is 1. The molecule has 9 nitrogen and oxygen atoms in total. The minimum atomic E-state index is -1.52. The minimum Gasteiger partial charge on any atom is -0.390 e. The smallest absolute Gasteiger partial charge is 0.330 e. The molecule has 0 aromatic carbocycles. The molecule has 108 valence electrons. The monoisotopic (exact) mass is 285 g/mol. The summed E-state index contributed by atoms with van der Waals surface area (Å²) in [5.74, 6) is 0. The number of nitrogens with zero attached hydrogens (tertiary/aromatic N) is 4. The van der Waals surface area contributed by atoms with E-state index in [2.05, 4.69) is 10.0 Å². The molecule has 1 fully saturated rings. The molecule has 1 aliphatic heterocycles. The van der Waals surface area contributed by atoms with Crippen LogP contribution in [0, 0.1) is 0 Å². The van der Waals surface area contributed by atoms with Crippen LogP contribution in [0.15, 0.2) is 27.0 Å². The molecule has 1 aliphatic rings. The van der Waals surface area contributed by atoms with Crippen molar-refractivity contribution in [2.24, 2.45) is 5.11 Å². The summed E-state index contributed by atoms with van der Waals surface area (Å²) in [6.07, 6.45) is -3.82. The van der Waals surface area contributed by atoms with Crippen molar-refractivity contribution in [1.82, 2.24) is 9.55 Å². The number of rotatable bonds is 4. The first kappa shape index (κ1) is 14.3. The Labute approximate surface area is 111 Å². The predicted octanol–water partition coefficient (Wildman–Crippen LogP) is -0.167. The third kappa shape index (κ3) is 2.87. The minimum absolute atomic E-state index is 0.141. The fourth-order valence-corrected chi connectivity index (χ4v) is 2.01. The van der Waals surface area contributed by atoms with Gasteiger partial charge >= 0.3 is 5.69 Å². The number of H-pyrrole nitrogens is 1. The van der Waals surface area contributed by atoms with Crippen LogP contribution in [0.4, 0.5) is 4.39 Å². The van der Waals surface area contributed by atoms with Crippen LogP contribution in [0.5, 0.6) is 0 Å². The van der Waals surface area contributed by atoms with Crippen LogP contribution in [0.25, 0.3) is 10.4 Å². The number of alkyl halides is 1. The Hall–Kier alpha value is -2.16. The SMILES string of the molecule is [N-]=[N+]=NC[C@@H](O)[C@@H]1C[C@@H](F)[C@H](n2ccc(=O)[nH]c2=O)O1. The van der Waals surface area contributed by atoms with Gasteiger partial charge in [-0.2, -0.15) is 0 Å². The van der Waals surface area contributed by atoms with E-state index in [4.69, 9.17) is 10.3 Å². The van der Waals surface area contributed by atoms with Crippen LogP contribution in [0.1, 0.15) is 12.6 Å². The molecule has 0 amide bonds. The molecule has 10 heteroatoms. The Balaban J connectivity index is 2.16. The maximum Gasteiger partial charge on any atom is 0.330 e. The van der Waals surface area contributed by atoms with E-state index < -0.39 is 35.9 Å². The molecule has 1 saturated heterocycles. The number of nitrogens with one attached hydrogen (secondary N) is 1. The molecule has 0 spiro atoms. The number of aliphatic hydroxyl groups excluding tert-OH is 1. The second-order valence-electron chi connectivity index (χ2n) is 4.31. The van der Waals surface area contributed by atoms with Gasteiger partial charge < -0.3 is 9.84 Å². The lowest BCUT2D eigenvalue weighted by Crippen LogP contribution is -2.34. The molecule has 0 aliphatic carbocycles. The van der Waals surface area contributed by atoms with E-state index in [1.165, 1.54) is 0 Å². The third-order valence-electron chi connectivity index (χ3n) is 2.97. The van der Waals surface area contributed by atoms with Gasteiger partial charge in [0, 0.05) is 23.6 Å². The van der Waals surface area contributed by atoms with E-state index in [9.17, 15) is 19.1 Å². The molecule has 2 rings (SSSR count). The molecule has 2 N–H and O–H groups in total. The van der Waals surface area contributed by atoms with Crippen LogP contribution in [0.2, 0.25) is 0 Å². The van der Waals surface area contributed by atoms with Gasteiger partial charge in [0.1, 0.15) is 6.17 Å². The largest absolute Gasteiger partial charge is 0.390 e. The summed E-state index contributed by atoms with van der Waals surface area (Å²) < 4.78 is 20.1. The van der Waals surface area contributed by atoms with Gasteiger partial charge in [-0.25, -0.2) is 9.18 Å². The number of aliphatic hydroxyl groups is 1. The first-order chi connectivity index (χ1) is 9.52. The van der Waals surface area contributed by atoms with E-state index >= 15 is 0 Å². The van der Waals surface area contributed by atoms with E-state index in [0.29, 0.717) is 0 Å². The van der Waals surface area contributed by atoms with Gasteiger partial charge in [0.15, 0.2) is 6.23 Å². The molecule has 1 aromatic rings. The highest BCUT2D eigenvalue weighted by atomic mass is 19.1. The van der Waals surface area contributed by atoms with Crippen LogP contribution in [-0.2, 0) is 4.74 Å². The number of hydrogen-bond acceptors (Lipinski definition) is 5. The van der Waals surface area contributed by atoms with Crippen LogP contribution in [-0.4, -0.2) is 39.6 Å². The third-order valence-corrected chi connectivity index (χ3v) is 2.97. The predicted molar refractivity (Wildman–Crippen MR) is 64.8 cm³/mol. The summed E-state index contributed by atoms with van der Waals surface area (Å²) in [4.78, 5) is 27.0. The highest BCUT2D eigenvalue weighted by Crippen LogP contribution is 2.31. The Morgan fingerprint density at radius 3 is 3.10 bits per heavy atom. The zero-order chi connectivity index (χ0) is 14.7. The van der Waals surface area contributed by atoms with Crippen molar-refractivity contribution >= 4 is 0 Å². The van der Waals surface area contributed by atoms with Gasteiger partial charge in [0.05, 0.1) is 18.8 Å². The molecule has 0 saturated carbocycles. The number of aromatic nitrogens is 2. The molecule has 0 bridgehead atoms. The molecule has 0 radical (unpaired) electrons. The fraction of sp³-hybridized carbons (Fsp3) is 0.600. The van der Waals surface area contributed by atoms with Gasteiger partial charge in [0.2, 0.25) is 0 Å². The van der Waals surface area contributed by atoms with Crippen LogP contribution < -0.4 is 11.2 Å². The molecule has 1 aromatic heterocycles. The van der Waals surface area contributed by atoms with Crippen molar-refractivity contribution in [2.75, 3.05) is 6.54 Å². The van der Waals surface area contributed by atoms with Crippen molar-refractivity contribution in [3.8, 4) is 0 Å². The maximum atomic E-state index is 13.9. The molecule has 0 unspecified atom stereocenters. The van der Waals surface area contributed by atoms with Crippen LogP contribution >= 0.6 is 0 Å². The van der Waals surface area contributed by atoms with Gasteiger partial charge in [-0.1, -0.05) is 5.11 Å². The Morgan fingerprint density at radius 1 is 1.70 bits per heavy atom. The van der Waals surface area contributed by atoms with Crippen molar-refractivity contribution < 1.29 is 14.2 Å². The molecular formula is C10H12FN5O4. The lowest BCUT2D eigenvalue weighted by atomic mass is 10.1. The van der Waals surface area contributed by atoms with E-state index in [0.717, 1.165) is 16.8 Å².